The molecule has 2 aromatic rings. The van der Waals surface area contributed by atoms with E-state index in [4.69, 9.17) is 0 Å². The molecule has 0 bridgehead atoms. The maximum Gasteiger partial charge on any atom is 0.224 e. The van der Waals surface area contributed by atoms with Crippen LogP contribution in [0.5, 0.6) is 5.75 Å². The molecule has 2 rings (SSSR count). The van der Waals surface area contributed by atoms with Crippen molar-refractivity contribution >= 4 is 17.3 Å². The van der Waals surface area contributed by atoms with Crippen LogP contribution in [0, 0.1) is 5.82 Å². The summed E-state index contributed by atoms with van der Waals surface area (Å²) in [6.45, 7) is 2.10. The van der Waals surface area contributed by atoms with Gasteiger partial charge >= 0.3 is 0 Å². The van der Waals surface area contributed by atoms with Gasteiger partial charge in [-0.1, -0.05) is 6.92 Å². The quantitative estimate of drug-likeness (QED) is 0.789. The lowest BCUT2D eigenvalue weighted by atomic mass is 10.2. The number of anilines is 2. The van der Waals surface area contributed by atoms with Crippen molar-refractivity contribution in [2.75, 3.05) is 10.6 Å². The summed E-state index contributed by atoms with van der Waals surface area (Å²) < 4.78 is 13.1. The summed E-state index contributed by atoms with van der Waals surface area (Å²) >= 11 is 0. The molecule has 3 N–H and O–H groups in total. The summed E-state index contributed by atoms with van der Waals surface area (Å²) in [6, 6.07) is 11.0. The average molecular weight is 288 g/mol. The molecule has 0 saturated heterocycles. The smallest absolute Gasteiger partial charge is 0.224 e. The third kappa shape index (κ3) is 4.21. The fraction of sp³-hybridized carbons (Fsp3) is 0.188. The zero-order valence-electron chi connectivity index (χ0n) is 11.7. The first-order valence-electron chi connectivity index (χ1n) is 6.69. The number of halogens is 1. The lowest BCUT2D eigenvalue weighted by molar-refractivity contribution is -0.115. The Morgan fingerprint density at radius 1 is 1.14 bits per heavy atom. The molecule has 0 heterocycles. The molecule has 0 fully saturated rings. The zero-order valence-corrected chi connectivity index (χ0v) is 11.7. The fourth-order valence-electron chi connectivity index (χ4n) is 1.81. The van der Waals surface area contributed by atoms with Crippen LogP contribution in [-0.2, 0) is 11.3 Å². The highest BCUT2D eigenvalue weighted by atomic mass is 19.1. The Labute approximate surface area is 122 Å². The fourth-order valence-corrected chi connectivity index (χ4v) is 1.81. The van der Waals surface area contributed by atoms with Gasteiger partial charge in [0.25, 0.3) is 0 Å². The van der Waals surface area contributed by atoms with Crippen LogP contribution in [0.15, 0.2) is 42.5 Å². The van der Waals surface area contributed by atoms with E-state index in [2.05, 4.69) is 10.6 Å². The number of nitrogens with one attached hydrogen (secondary N) is 2. The molecule has 0 saturated carbocycles. The number of hydrogen-bond donors (Lipinski definition) is 3. The highest BCUT2D eigenvalue weighted by Crippen LogP contribution is 2.20. The van der Waals surface area contributed by atoms with E-state index in [9.17, 15) is 14.3 Å². The Kier molecular flexibility index (Phi) is 4.77. The van der Waals surface area contributed by atoms with Crippen LogP contribution in [0.25, 0.3) is 0 Å². The predicted octanol–water partition coefficient (Wildman–Crippen LogP) is 3.49. The van der Waals surface area contributed by atoms with Gasteiger partial charge in [-0.05, 0) is 42.5 Å². The van der Waals surface area contributed by atoms with Crippen LogP contribution < -0.4 is 10.6 Å². The van der Waals surface area contributed by atoms with Gasteiger partial charge in [-0.15, -0.1) is 0 Å². The molecule has 5 heteroatoms. The summed E-state index contributed by atoms with van der Waals surface area (Å²) in [7, 11) is 0. The molecule has 0 radical (unpaired) electrons. The van der Waals surface area contributed by atoms with Crippen LogP contribution >= 0.6 is 0 Å². The molecule has 0 spiro atoms. The van der Waals surface area contributed by atoms with E-state index in [1.165, 1.54) is 18.2 Å². The van der Waals surface area contributed by atoms with Crippen LogP contribution in [0.4, 0.5) is 15.8 Å². The second-order valence-electron chi connectivity index (χ2n) is 4.61. The van der Waals surface area contributed by atoms with E-state index in [1.54, 1.807) is 19.1 Å². The van der Waals surface area contributed by atoms with Crippen molar-refractivity contribution in [3.8, 4) is 5.75 Å². The third-order valence-electron chi connectivity index (χ3n) is 3.01. The molecule has 0 aromatic heterocycles. The van der Waals surface area contributed by atoms with Gasteiger partial charge in [-0.2, -0.15) is 0 Å². The summed E-state index contributed by atoms with van der Waals surface area (Å²) in [6.07, 6.45) is 0.429. The van der Waals surface area contributed by atoms with E-state index < -0.39 is 0 Å². The second kappa shape index (κ2) is 6.74. The Morgan fingerprint density at radius 3 is 2.48 bits per heavy atom. The monoisotopic (exact) mass is 288 g/mol. The number of aromatic hydroxyl groups is 1. The summed E-state index contributed by atoms with van der Waals surface area (Å²) in [5.74, 6) is -0.377. The highest BCUT2D eigenvalue weighted by molar-refractivity contribution is 5.90. The third-order valence-corrected chi connectivity index (χ3v) is 3.01. The molecule has 0 aliphatic rings. The minimum atomic E-state index is -0.387. The van der Waals surface area contributed by atoms with Gasteiger partial charge in [0.05, 0.1) is 0 Å². The van der Waals surface area contributed by atoms with Gasteiger partial charge in [0.2, 0.25) is 5.91 Å². The van der Waals surface area contributed by atoms with Crippen molar-refractivity contribution in [1.82, 2.24) is 0 Å². The molecule has 2 aromatic carbocycles. The molecule has 0 aliphatic heterocycles. The lowest BCUT2D eigenvalue weighted by Crippen LogP contribution is -2.09. The van der Waals surface area contributed by atoms with E-state index >= 15 is 0 Å². The summed E-state index contributed by atoms with van der Waals surface area (Å²) in [5.41, 5.74) is 2.02. The Bertz CT molecular complexity index is 627. The second-order valence-corrected chi connectivity index (χ2v) is 4.61. The Hall–Kier alpha value is -2.56. The van der Waals surface area contributed by atoms with Gasteiger partial charge in [0.15, 0.2) is 0 Å². The average Bonchev–Trinajstić information content (AvgIpc) is 2.49. The molecule has 0 atom stereocenters. The number of carbonyl (C=O) groups is 1. The summed E-state index contributed by atoms with van der Waals surface area (Å²) in [5, 5.41) is 15.5. The normalized spacial score (nSPS) is 10.2. The molecule has 110 valence electrons. The number of phenols is 1. The zero-order chi connectivity index (χ0) is 15.2. The Balaban J connectivity index is 1.97. The van der Waals surface area contributed by atoms with Crippen LogP contribution in [0.3, 0.4) is 0 Å². The standard InChI is InChI=1S/C16H17FN2O2/c1-2-16(21)19-14-6-4-13(5-7-14)18-10-11-9-12(17)3-8-15(11)20/h3-9,18,20H,2,10H2,1H3,(H,19,21). The topological polar surface area (TPSA) is 61.4 Å². The number of rotatable bonds is 5. The number of amides is 1. The minimum absolute atomic E-state index is 0.0413. The maximum absolute atomic E-state index is 13.1. The van der Waals surface area contributed by atoms with Crippen molar-refractivity contribution in [2.45, 2.75) is 19.9 Å². The molecule has 1 amide bonds. The van der Waals surface area contributed by atoms with Gasteiger partial charge in [-0.25, -0.2) is 4.39 Å². The van der Waals surface area contributed by atoms with Gasteiger partial charge in [0.1, 0.15) is 11.6 Å². The van der Waals surface area contributed by atoms with Crippen molar-refractivity contribution in [3.63, 3.8) is 0 Å². The van der Waals surface area contributed by atoms with Crippen LogP contribution in [0.2, 0.25) is 0 Å². The largest absolute Gasteiger partial charge is 0.508 e. The van der Waals surface area contributed by atoms with Gasteiger partial charge < -0.3 is 15.7 Å². The van der Waals surface area contributed by atoms with E-state index in [0.717, 1.165) is 11.4 Å². The van der Waals surface area contributed by atoms with E-state index in [0.29, 0.717) is 18.5 Å². The van der Waals surface area contributed by atoms with Gasteiger partial charge in [0, 0.05) is 29.9 Å². The molecular weight excluding hydrogens is 271 g/mol. The molecule has 21 heavy (non-hydrogen) atoms. The number of hydrogen-bond acceptors (Lipinski definition) is 3. The first kappa shape index (κ1) is 14.8. The van der Waals surface area contributed by atoms with Crippen molar-refractivity contribution < 1.29 is 14.3 Å². The van der Waals surface area contributed by atoms with E-state index in [-0.39, 0.29) is 17.5 Å². The van der Waals surface area contributed by atoms with Gasteiger partial charge in [-0.3, -0.25) is 4.79 Å². The summed E-state index contributed by atoms with van der Waals surface area (Å²) in [4.78, 5) is 11.3. The first-order valence-corrected chi connectivity index (χ1v) is 6.69. The first-order chi connectivity index (χ1) is 10.1. The SMILES string of the molecule is CCC(=O)Nc1ccc(NCc2cc(F)ccc2O)cc1. The van der Waals surface area contributed by atoms with Crippen molar-refractivity contribution in [3.05, 3.63) is 53.8 Å². The molecule has 0 unspecified atom stereocenters. The minimum Gasteiger partial charge on any atom is -0.508 e. The number of phenolic OH excluding ortho intramolecular Hbond substituents is 1. The molecule has 4 nitrogen and oxygen atoms in total. The maximum atomic E-state index is 13.1. The Morgan fingerprint density at radius 2 is 1.81 bits per heavy atom. The van der Waals surface area contributed by atoms with E-state index in [1.807, 2.05) is 12.1 Å². The number of carbonyl (C=O) groups excluding carboxylic acids is 1. The van der Waals surface area contributed by atoms with Crippen LogP contribution in [-0.4, -0.2) is 11.0 Å². The predicted molar refractivity (Wildman–Crippen MR) is 80.8 cm³/mol. The van der Waals surface area contributed by atoms with Crippen molar-refractivity contribution in [1.29, 1.82) is 0 Å². The number of benzene rings is 2. The van der Waals surface area contributed by atoms with Crippen LogP contribution in [0.1, 0.15) is 18.9 Å². The molecular formula is C16H17FN2O2. The van der Waals surface area contributed by atoms with Crippen molar-refractivity contribution in [2.24, 2.45) is 0 Å². The molecule has 0 aliphatic carbocycles. The lowest BCUT2D eigenvalue weighted by Gasteiger charge is -2.09. The highest BCUT2D eigenvalue weighted by Gasteiger charge is 2.03.